The second-order valence-electron chi connectivity index (χ2n) is 5.51. The number of rotatable bonds is 8. The molecule has 0 spiro atoms. The Morgan fingerprint density at radius 3 is 2.38 bits per heavy atom. The van der Waals surface area contributed by atoms with Crippen LogP contribution in [0, 0.1) is 0 Å². The Kier molecular flexibility index (Phi) is 9.01. The molecule has 2 amide bonds. The van der Waals surface area contributed by atoms with Gasteiger partial charge < -0.3 is 21.1 Å². The van der Waals surface area contributed by atoms with E-state index >= 15 is 0 Å². The molecule has 140 valence electrons. The monoisotopic (exact) mass is 377 g/mol. The van der Waals surface area contributed by atoms with E-state index in [0.29, 0.717) is 36.5 Å². The lowest BCUT2D eigenvalue weighted by atomic mass is 10.1. The maximum absolute atomic E-state index is 12.0. The molecule has 0 saturated heterocycles. The van der Waals surface area contributed by atoms with Gasteiger partial charge in [-0.25, -0.2) is 0 Å². The number of carbonyl (C=O) groups excluding carboxylic acids is 2. The molecule has 4 N–H and O–H groups in total. The Hall–Kier alpha value is -2.73. The number of ether oxygens (including phenoxy) is 1. The summed E-state index contributed by atoms with van der Waals surface area (Å²) in [6.45, 7) is 2.39. The minimum absolute atomic E-state index is 0. The Morgan fingerprint density at radius 1 is 1.04 bits per heavy atom. The Morgan fingerprint density at radius 2 is 1.73 bits per heavy atom. The van der Waals surface area contributed by atoms with E-state index in [1.165, 1.54) is 0 Å². The zero-order valence-corrected chi connectivity index (χ0v) is 15.5. The summed E-state index contributed by atoms with van der Waals surface area (Å²) >= 11 is 0. The summed E-state index contributed by atoms with van der Waals surface area (Å²) in [7, 11) is 0. The highest BCUT2D eigenvalue weighted by Gasteiger charge is 2.06. The van der Waals surface area contributed by atoms with Crippen molar-refractivity contribution in [2.24, 2.45) is 0 Å². The molecule has 2 rings (SSSR count). The Balaban J connectivity index is 0.00000338. The lowest BCUT2D eigenvalue weighted by Crippen LogP contribution is -2.28. The zero-order chi connectivity index (χ0) is 18.1. The Bertz CT molecular complexity index is 720. The van der Waals surface area contributed by atoms with Crippen molar-refractivity contribution in [3.05, 3.63) is 54.1 Å². The van der Waals surface area contributed by atoms with Crippen LogP contribution in [-0.2, 0) is 16.0 Å². The van der Waals surface area contributed by atoms with Crippen molar-refractivity contribution in [2.45, 2.75) is 19.8 Å². The van der Waals surface area contributed by atoms with Gasteiger partial charge in [0, 0.05) is 24.3 Å². The summed E-state index contributed by atoms with van der Waals surface area (Å²) in [6.07, 6.45) is 0.940. The Labute approximate surface area is 159 Å². The molecule has 0 aromatic heterocycles. The first-order chi connectivity index (χ1) is 12.1. The molecule has 0 aliphatic rings. The van der Waals surface area contributed by atoms with Gasteiger partial charge in [-0.3, -0.25) is 9.59 Å². The molecular formula is C19H24ClN3O3. The molecule has 26 heavy (non-hydrogen) atoms. The first-order valence-electron chi connectivity index (χ1n) is 8.21. The van der Waals surface area contributed by atoms with E-state index < -0.39 is 0 Å². The van der Waals surface area contributed by atoms with Crippen LogP contribution in [0.15, 0.2) is 48.5 Å². The third-order valence-electron chi connectivity index (χ3n) is 3.56. The molecule has 7 heteroatoms. The number of hydrogen-bond donors (Lipinski definition) is 3. The van der Waals surface area contributed by atoms with Crippen LogP contribution in [0.5, 0.6) is 5.75 Å². The van der Waals surface area contributed by atoms with Crippen molar-refractivity contribution in [2.75, 3.05) is 24.2 Å². The maximum atomic E-state index is 12.0. The van der Waals surface area contributed by atoms with Gasteiger partial charge in [-0.2, -0.15) is 0 Å². The standard InChI is InChI=1S/C19H23N3O3.ClH/c1-2-21-19(24)13-25-16-10-8-15(9-11-16)22-18(23)12-7-14-5-3-4-6-17(14)20;/h3-6,8-11H,2,7,12-13,20H2,1H3,(H,21,24)(H,22,23);1H. The number of anilines is 2. The number of hydrogen-bond acceptors (Lipinski definition) is 4. The van der Waals surface area contributed by atoms with E-state index in [1.54, 1.807) is 24.3 Å². The number of likely N-dealkylation sites (N-methyl/N-ethyl adjacent to an activating group) is 1. The molecule has 0 aliphatic heterocycles. The topological polar surface area (TPSA) is 93.5 Å². The number of benzene rings is 2. The van der Waals surface area contributed by atoms with Gasteiger partial charge in [0.05, 0.1) is 0 Å². The second-order valence-corrected chi connectivity index (χ2v) is 5.51. The SMILES string of the molecule is CCNC(=O)COc1ccc(NC(=O)CCc2ccccc2N)cc1.Cl. The fraction of sp³-hybridized carbons (Fsp3) is 0.263. The maximum Gasteiger partial charge on any atom is 0.257 e. The van der Waals surface area contributed by atoms with Gasteiger partial charge in [0.1, 0.15) is 5.75 Å². The number of nitrogen functional groups attached to an aromatic ring is 1. The molecular weight excluding hydrogens is 354 g/mol. The van der Waals surface area contributed by atoms with E-state index in [4.69, 9.17) is 10.5 Å². The van der Waals surface area contributed by atoms with Crippen LogP contribution >= 0.6 is 12.4 Å². The molecule has 0 bridgehead atoms. The van der Waals surface area contributed by atoms with Crippen LogP contribution in [0.25, 0.3) is 0 Å². The molecule has 0 aliphatic carbocycles. The second kappa shape index (κ2) is 11.0. The average molecular weight is 378 g/mol. The number of nitrogens with two attached hydrogens (primary N) is 1. The summed E-state index contributed by atoms with van der Waals surface area (Å²) in [5.41, 5.74) is 8.21. The number of carbonyl (C=O) groups is 2. The van der Waals surface area contributed by atoms with Gasteiger partial charge in [-0.1, -0.05) is 18.2 Å². The molecule has 0 atom stereocenters. The van der Waals surface area contributed by atoms with Gasteiger partial charge in [0.15, 0.2) is 6.61 Å². The molecule has 6 nitrogen and oxygen atoms in total. The van der Waals surface area contributed by atoms with Crippen molar-refractivity contribution in [1.82, 2.24) is 5.32 Å². The number of aryl methyl sites for hydroxylation is 1. The van der Waals surface area contributed by atoms with Crippen molar-refractivity contribution in [1.29, 1.82) is 0 Å². The van der Waals surface area contributed by atoms with Crippen LogP contribution in [0.2, 0.25) is 0 Å². The highest BCUT2D eigenvalue weighted by molar-refractivity contribution is 5.91. The van der Waals surface area contributed by atoms with Gasteiger partial charge in [-0.05, 0) is 49.2 Å². The largest absolute Gasteiger partial charge is 0.484 e. The summed E-state index contributed by atoms with van der Waals surface area (Å²) in [5, 5.41) is 5.48. The quantitative estimate of drug-likeness (QED) is 0.616. The molecule has 0 fully saturated rings. The molecule has 2 aromatic carbocycles. The van der Waals surface area contributed by atoms with Crippen LogP contribution in [0.1, 0.15) is 18.9 Å². The third-order valence-corrected chi connectivity index (χ3v) is 3.56. The minimum atomic E-state index is -0.167. The number of amides is 2. The van der Waals surface area contributed by atoms with E-state index in [-0.39, 0.29) is 30.8 Å². The van der Waals surface area contributed by atoms with Gasteiger partial charge in [0.25, 0.3) is 5.91 Å². The highest BCUT2D eigenvalue weighted by Crippen LogP contribution is 2.17. The minimum Gasteiger partial charge on any atom is -0.484 e. The summed E-state index contributed by atoms with van der Waals surface area (Å²) in [4.78, 5) is 23.4. The number of nitrogens with one attached hydrogen (secondary N) is 2. The van der Waals surface area contributed by atoms with E-state index in [9.17, 15) is 9.59 Å². The smallest absolute Gasteiger partial charge is 0.257 e. The van der Waals surface area contributed by atoms with E-state index in [1.807, 2.05) is 31.2 Å². The zero-order valence-electron chi connectivity index (χ0n) is 14.7. The van der Waals surface area contributed by atoms with Gasteiger partial charge in [0.2, 0.25) is 5.91 Å². The summed E-state index contributed by atoms with van der Waals surface area (Å²) in [5.74, 6) is 0.320. The fourth-order valence-electron chi connectivity index (χ4n) is 2.27. The van der Waals surface area contributed by atoms with E-state index in [0.717, 1.165) is 5.56 Å². The summed E-state index contributed by atoms with van der Waals surface area (Å²) < 4.78 is 5.36. The van der Waals surface area contributed by atoms with Gasteiger partial charge in [-0.15, -0.1) is 12.4 Å². The molecule has 0 radical (unpaired) electrons. The van der Waals surface area contributed by atoms with Crippen molar-refractivity contribution < 1.29 is 14.3 Å². The first kappa shape index (κ1) is 21.3. The lowest BCUT2D eigenvalue weighted by Gasteiger charge is -2.09. The van der Waals surface area contributed by atoms with Crippen LogP contribution in [0.3, 0.4) is 0 Å². The molecule has 0 heterocycles. The van der Waals surface area contributed by atoms with Crippen LogP contribution in [0.4, 0.5) is 11.4 Å². The number of para-hydroxylation sites is 1. The van der Waals surface area contributed by atoms with Crippen LogP contribution in [-0.4, -0.2) is 25.0 Å². The lowest BCUT2D eigenvalue weighted by molar-refractivity contribution is -0.123. The molecule has 2 aromatic rings. The van der Waals surface area contributed by atoms with Gasteiger partial charge >= 0.3 is 0 Å². The van der Waals surface area contributed by atoms with Crippen molar-refractivity contribution in [3.63, 3.8) is 0 Å². The third kappa shape index (κ3) is 7.03. The fourth-order valence-corrected chi connectivity index (χ4v) is 2.27. The number of halogens is 1. The predicted molar refractivity (Wildman–Crippen MR) is 106 cm³/mol. The average Bonchev–Trinajstić information content (AvgIpc) is 2.61. The summed E-state index contributed by atoms with van der Waals surface area (Å²) in [6, 6.07) is 14.4. The predicted octanol–water partition coefficient (Wildman–Crippen LogP) is 2.78. The van der Waals surface area contributed by atoms with Crippen LogP contribution < -0.4 is 21.1 Å². The van der Waals surface area contributed by atoms with Crippen molar-refractivity contribution in [3.8, 4) is 5.75 Å². The highest BCUT2D eigenvalue weighted by atomic mass is 35.5. The molecule has 0 unspecified atom stereocenters. The van der Waals surface area contributed by atoms with Crippen molar-refractivity contribution >= 4 is 35.6 Å². The van der Waals surface area contributed by atoms with E-state index in [2.05, 4.69) is 10.6 Å². The first-order valence-corrected chi connectivity index (χ1v) is 8.21. The molecule has 0 saturated carbocycles. The normalized spacial score (nSPS) is 9.73.